The van der Waals surface area contributed by atoms with Crippen LogP contribution in [0.1, 0.15) is 37.3 Å². The van der Waals surface area contributed by atoms with Gasteiger partial charge >= 0.3 is 5.97 Å². The lowest BCUT2D eigenvalue weighted by Gasteiger charge is -2.36. The predicted octanol–water partition coefficient (Wildman–Crippen LogP) is 3.56. The summed E-state index contributed by atoms with van der Waals surface area (Å²) in [5, 5.41) is 9.79. The van der Waals surface area contributed by atoms with E-state index in [0.29, 0.717) is 36.1 Å². The summed E-state index contributed by atoms with van der Waals surface area (Å²) in [5.74, 6) is -0.390. The molecule has 0 fully saturated rings. The molecule has 1 aliphatic carbocycles. The van der Waals surface area contributed by atoms with Gasteiger partial charge in [-0.3, -0.25) is 4.79 Å². The Labute approximate surface area is 118 Å². The molecular weight excluding hydrogens is 259 g/mol. The molecule has 0 radical (unpaired) electrons. The average Bonchev–Trinajstić information content (AvgIpc) is 2.44. The van der Waals surface area contributed by atoms with Gasteiger partial charge in [-0.05, 0) is 49.5 Å². The molecule has 0 aliphatic heterocycles. The van der Waals surface area contributed by atoms with Crippen LogP contribution in [0.5, 0.6) is 0 Å². The summed E-state index contributed by atoms with van der Waals surface area (Å²) < 4.78 is 18.8. The molecule has 1 aromatic rings. The lowest BCUT2D eigenvalue weighted by molar-refractivity contribution is -0.148. The van der Waals surface area contributed by atoms with Crippen LogP contribution in [-0.2, 0) is 14.9 Å². The highest BCUT2D eigenvalue weighted by Crippen LogP contribution is 2.43. The number of esters is 1. The minimum atomic E-state index is -0.906. The maximum Gasteiger partial charge on any atom is 0.316 e. The number of hydrogen-bond donors (Lipinski definition) is 1. The first-order valence-electron chi connectivity index (χ1n) is 6.64. The number of hydrogen-bond acceptors (Lipinski definition) is 3. The molecule has 0 heterocycles. The molecule has 0 bridgehead atoms. The van der Waals surface area contributed by atoms with E-state index in [2.05, 4.69) is 0 Å². The molecule has 1 atom stereocenters. The Bertz CT molecular complexity index is 577. The predicted molar refractivity (Wildman–Crippen MR) is 74.0 cm³/mol. The van der Waals surface area contributed by atoms with Crippen molar-refractivity contribution < 1.29 is 19.0 Å². The molecule has 0 saturated carbocycles. The fraction of sp³-hybridized carbons (Fsp3) is 0.438. The lowest BCUT2D eigenvalue weighted by Crippen LogP contribution is -2.40. The van der Waals surface area contributed by atoms with Crippen molar-refractivity contribution in [1.29, 1.82) is 0 Å². The number of methoxy groups -OCH3 is 1. The second-order valence-electron chi connectivity index (χ2n) is 5.39. The van der Waals surface area contributed by atoms with Crippen LogP contribution in [0.25, 0.3) is 0 Å². The summed E-state index contributed by atoms with van der Waals surface area (Å²) in [6.07, 6.45) is 1.18. The summed E-state index contributed by atoms with van der Waals surface area (Å²) in [6.45, 7) is 3.46. The van der Waals surface area contributed by atoms with Gasteiger partial charge in [-0.15, -0.1) is 0 Å². The molecule has 20 heavy (non-hydrogen) atoms. The van der Waals surface area contributed by atoms with Gasteiger partial charge < -0.3 is 9.84 Å². The van der Waals surface area contributed by atoms with E-state index in [0.717, 1.165) is 5.57 Å². The van der Waals surface area contributed by atoms with Crippen molar-refractivity contribution in [3.63, 3.8) is 0 Å². The van der Waals surface area contributed by atoms with Crippen LogP contribution in [0.2, 0.25) is 0 Å². The molecule has 3 nitrogen and oxygen atoms in total. The van der Waals surface area contributed by atoms with Gasteiger partial charge in [0, 0.05) is 6.42 Å². The summed E-state index contributed by atoms with van der Waals surface area (Å²) in [4.78, 5) is 12.4. The smallest absolute Gasteiger partial charge is 0.316 e. The first-order chi connectivity index (χ1) is 9.42. The van der Waals surface area contributed by atoms with Crippen molar-refractivity contribution >= 4 is 5.97 Å². The summed E-state index contributed by atoms with van der Waals surface area (Å²) in [5.41, 5.74) is 0.964. The molecule has 0 saturated heterocycles. The maximum absolute atomic E-state index is 13.8. The maximum atomic E-state index is 13.8. The van der Waals surface area contributed by atoms with Crippen LogP contribution in [0.15, 0.2) is 29.5 Å². The van der Waals surface area contributed by atoms with E-state index in [1.54, 1.807) is 26.0 Å². The Balaban J connectivity index is 2.60. The third-order valence-electron chi connectivity index (χ3n) is 4.21. The zero-order chi connectivity index (χ0) is 14.9. The van der Waals surface area contributed by atoms with E-state index < -0.39 is 5.41 Å². The van der Waals surface area contributed by atoms with Crippen LogP contribution in [0.4, 0.5) is 4.39 Å². The fourth-order valence-electron chi connectivity index (χ4n) is 3.02. The highest BCUT2D eigenvalue weighted by atomic mass is 19.1. The Morgan fingerprint density at radius 3 is 2.70 bits per heavy atom. The van der Waals surface area contributed by atoms with Crippen molar-refractivity contribution in [2.24, 2.45) is 0 Å². The first kappa shape index (κ1) is 14.6. The highest BCUT2D eigenvalue weighted by molar-refractivity contribution is 5.84. The third-order valence-corrected chi connectivity index (χ3v) is 4.21. The van der Waals surface area contributed by atoms with Crippen molar-refractivity contribution in [3.05, 3.63) is 46.5 Å². The monoisotopic (exact) mass is 278 g/mol. The van der Waals surface area contributed by atoms with Crippen LogP contribution in [0, 0.1) is 12.7 Å². The Morgan fingerprint density at radius 2 is 2.10 bits per heavy atom. The molecule has 0 aromatic heterocycles. The van der Waals surface area contributed by atoms with Gasteiger partial charge in [0.05, 0.1) is 18.3 Å². The fourth-order valence-corrected chi connectivity index (χ4v) is 3.02. The van der Waals surface area contributed by atoms with E-state index >= 15 is 0 Å². The molecule has 4 heteroatoms. The van der Waals surface area contributed by atoms with Gasteiger partial charge in [-0.1, -0.05) is 12.1 Å². The number of benzene rings is 1. The third kappa shape index (κ3) is 2.19. The van der Waals surface area contributed by atoms with Crippen LogP contribution >= 0.6 is 0 Å². The molecule has 108 valence electrons. The SMILES string of the molecule is COC(=O)C1(c2cccc(F)c2C)CCC(O)=C(C)C1. The number of ether oxygens (including phenoxy) is 1. The Kier molecular flexibility index (Phi) is 3.84. The van der Waals surface area contributed by atoms with Crippen molar-refractivity contribution in [3.8, 4) is 0 Å². The molecular formula is C16H19FO3. The Morgan fingerprint density at radius 1 is 1.40 bits per heavy atom. The largest absolute Gasteiger partial charge is 0.512 e. The highest BCUT2D eigenvalue weighted by Gasteiger charge is 2.45. The second-order valence-corrected chi connectivity index (χ2v) is 5.39. The number of carbonyl (C=O) groups is 1. The number of halogens is 1. The second kappa shape index (κ2) is 5.27. The molecule has 1 unspecified atom stereocenters. The molecule has 0 amide bonds. The number of rotatable bonds is 2. The van der Waals surface area contributed by atoms with Crippen LogP contribution < -0.4 is 0 Å². The van der Waals surface area contributed by atoms with E-state index in [-0.39, 0.29) is 11.8 Å². The van der Waals surface area contributed by atoms with E-state index in [1.165, 1.54) is 13.2 Å². The number of carbonyl (C=O) groups excluding carboxylic acids is 1. The van der Waals surface area contributed by atoms with Crippen molar-refractivity contribution in [2.45, 2.75) is 38.5 Å². The van der Waals surface area contributed by atoms with Crippen molar-refractivity contribution in [2.75, 3.05) is 7.11 Å². The summed E-state index contributed by atoms with van der Waals surface area (Å²) in [7, 11) is 1.34. The van der Waals surface area contributed by atoms with Gasteiger partial charge in [-0.25, -0.2) is 4.39 Å². The number of aliphatic hydroxyl groups is 1. The van der Waals surface area contributed by atoms with Gasteiger partial charge in [0.25, 0.3) is 0 Å². The van der Waals surface area contributed by atoms with E-state index in [9.17, 15) is 14.3 Å². The topological polar surface area (TPSA) is 46.5 Å². The molecule has 1 N–H and O–H groups in total. The van der Waals surface area contributed by atoms with Gasteiger partial charge in [0.15, 0.2) is 0 Å². The number of aliphatic hydroxyl groups excluding tert-OH is 1. The number of allylic oxidation sites excluding steroid dienone is 2. The first-order valence-corrected chi connectivity index (χ1v) is 6.64. The normalized spacial score (nSPS) is 22.8. The van der Waals surface area contributed by atoms with Crippen LogP contribution in [0.3, 0.4) is 0 Å². The lowest BCUT2D eigenvalue weighted by atomic mass is 9.68. The summed E-state index contributed by atoms with van der Waals surface area (Å²) in [6, 6.07) is 4.76. The molecule has 1 aliphatic rings. The average molecular weight is 278 g/mol. The standard InChI is InChI=1S/C16H19FO3/c1-10-9-16(15(19)20-3,8-7-14(10)18)12-5-4-6-13(17)11(12)2/h4-6,18H,7-9H2,1-3H3. The van der Waals surface area contributed by atoms with Gasteiger partial charge in [-0.2, -0.15) is 0 Å². The Hall–Kier alpha value is -1.84. The minimum Gasteiger partial charge on any atom is -0.512 e. The van der Waals surface area contributed by atoms with Crippen LogP contribution in [-0.4, -0.2) is 18.2 Å². The minimum absolute atomic E-state index is 0.318. The van der Waals surface area contributed by atoms with E-state index in [1.807, 2.05) is 0 Å². The van der Waals surface area contributed by atoms with Crippen molar-refractivity contribution in [1.82, 2.24) is 0 Å². The molecule has 0 spiro atoms. The zero-order valence-corrected chi connectivity index (χ0v) is 12.0. The molecule has 2 rings (SSSR count). The van der Waals surface area contributed by atoms with E-state index in [4.69, 9.17) is 4.74 Å². The van der Waals surface area contributed by atoms with Gasteiger partial charge in [0.1, 0.15) is 5.82 Å². The van der Waals surface area contributed by atoms with Gasteiger partial charge in [0.2, 0.25) is 0 Å². The zero-order valence-electron chi connectivity index (χ0n) is 12.0. The summed E-state index contributed by atoms with van der Waals surface area (Å²) >= 11 is 0. The molecule has 1 aromatic carbocycles. The quantitative estimate of drug-likeness (QED) is 0.841.